The molecule has 1 rings (SSSR count). The van der Waals surface area contributed by atoms with Gasteiger partial charge in [0.2, 0.25) is 0 Å². The fourth-order valence-corrected chi connectivity index (χ4v) is 1.33. The maximum Gasteiger partial charge on any atom is 0.282 e. The summed E-state index contributed by atoms with van der Waals surface area (Å²) in [5, 5.41) is 2.37. The summed E-state index contributed by atoms with van der Waals surface area (Å²) in [6.07, 6.45) is 1.64. The highest BCUT2D eigenvalue weighted by atomic mass is 32.1. The standard InChI is InChI=1S/C8H12N2OS/c1-6(2)10(3)8(11)7-9-4-5-12-7/h4-6H,1-3H3. The summed E-state index contributed by atoms with van der Waals surface area (Å²) < 4.78 is 0. The van der Waals surface area contributed by atoms with Gasteiger partial charge >= 0.3 is 0 Å². The SMILES string of the molecule is CC(C)N(C)C(=O)c1nccs1. The van der Waals surface area contributed by atoms with Gasteiger partial charge in [-0.05, 0) is 13.8 Å². The van der Waals surface area contributed by atoms with Crippen molar-refractivity contribution in [3.63, 3.8) is 0 Å². The summed E-state index contributed by atoms with van der Waals surface area (Å²) in [4.78, 5) is 17.1. The number of carbonyl (C=O) groups is 1. The first-order chi connectivity index (χ1) is 5.63. The smallest absolute Gasteiger partial charge is 0.282 e. The highest BCUT2D eigenvalue weighted by Crippen LogP contribution is 2.08. The van der Waals surface area contributed by atoms with Crippen molar-refractivity contribution >= 4 is 17.2 Å². The van der Waals surface area contributed by atoms with Crippen molar-refractivity contribution in [3.8, 4) is 0 Å². The van der Waals surface area contributed by atoms with Crippen molar-refractivity contribution in [1.29, 1.82) is 0 Å². The Morgan fingerprint density at radius 2 is 2.33 bits per heavy atom. The fraction of sp³-hybridized carbons (Fsp3) is 0.500. The predicted octanol–water partition coefficient (Wildman–Crippen LogP) is 1.62. The second-order valence-electron chi connectivity index (χ2n) is 2.85. The van der Waals surface area contributed by atoms with Crippen LogP contribution in [0, 0.1) is 0 Å². The van der Waals surface area contributed by atoms with E-state index in [1.54, 1.807) is 23.5 Å². The van der Waals surface area contributed by atoms with Crippen molar-refractivity contribution in [1.82, 2.24) is 9.88 Å². The molecule has 4 heteroatoms. The van der Waals surface area contributed by atoms with Gasteiger partial charge < -0.3 is 4.90 Å². The summed E-state index contributed by atoms with van der Waals surface area (Å²) in [6, 6.07) is 0.224. The fourth-order valence-electron chi connectivity index (χ4n) is 0.714. The van der Waals surface area contributed by atoms with E-state index in [0.29, 0.717) is 5.01 Å². The molecule has 3 nitrogen and oxygen atoms in total. The number of aromatic nitrogens is 1. The molecule has 0 bridgehead atoms. The summed E-state index contributed by atoms with van der Waals surface area (Å²) >= 11 is 1.37. The lowest BCUT2D eigenvalue weighted by Gasteiger charge is -2.19. The average Bonchev–Trinajstić information content (AvgIpc) is 2.53. The van der Waals surface area contributed by atoms with Crippen LogP contribution in [0.1, 0.15) is 23.6 Å². The van der Waals surface area contributed by atoms with Gasteiger partial charge in [0.1, 0.15) is 0 Å². The van der Waals surface area contributed by atoms with Crippen LogP contribution in [0.5, 0.6) is 0 Å². The second kappa shape index (κ2) is 3.67. The van der Waals surface area contributed by atoms with Gasteiger partial charge in [0, 0.05) is 24.7 Å². The van der Waals surface area contributed by atoms with Crippen LogP contribution in [0.4, 0.5) is 0 Å². The van der Waals surface area contributed by atoms with Crippen LogP contribution in [0.2, 0.25) is 0 Å². The number of rotatable bonds is 2. The minimum absolute atomic E-state index is 0.000000000000000222. The zero-order valence-corrected chi connectivity index (χ0v) is 8.26. The van der Waals surface area contributed by atoms with Crippen molar-refractivity contribution in [2.45, 2.75) is 19.9 Å². The molecular formula is C8H12N2OS. The zero-order valence-electron chi connectivity index (χ0n) is 7.44. The van der Waals surface area contributed by atoms with Crippen molar-refractivity contribution in [2.75, 3.05) is 7.05 Å². The first-order valence-electron chi connectivity index (χ1n) is 3.79. The van der Waals surface area contributed by atoms with Crippen molar-refractivity contribution in [2.24, 2.45) is 0 Å². The van der Waals surface area contributed by atoms with Gasteiger partial charge in [0.05, 0.1) is 0 Å². The minimum atomic E-state index is 0.000000000000000222. The third-order valence-corrected chi connectivity index (χ3v) is 2.47. The molecular weight excluding hydrogens is 172 g/mol. The molecule has 0 spiro atoms. The molecule has 0 radical (unpaired) electrons. The van der Waals surface area contributed by atoms with E-state index >= 15 is 0 Å². The van der Waals surface area contributed by atoms with E-state index in [9.17, 15) is 4.79 Å². The van der Waals surface area contributed by atoms with E-state index in [1.807, 2.05) is 13.8 Å². The van der Waals surface area contributed by atoms with Crippen LogP contribution in [0.15, 0.2) is 11.6 Å². The molecule has 66 valence electrons. The molecule has 0 N–H and O–H groups in total. The van der Waals surface area contributed by atoms with Crippen LogP contribution in [-0.2, 0) is 0 Å². The van der Waals surface area contributed by atoms with E-state index in [-0.39, 0.29) is 11.9 Å². The third-order valence-electron chi connectivity index (χ3n) is 1.71. The van der Waals surface area contributed by atoms with Crippen LogP contribution in [0.25, 0.3) is 0 Å². The lowest BCUT2D eigenvalue weighted by molar-refractivity contribution is 0.0754. The topological polar surface area (TPSA) is 33.2 Å². The monoisotopic (exact) mass is 184 g/mol. The second-order valence-corrected chi connectivity index (χ2v) is 3.74. The molecule has 0 saturated heterocycles. The number of carbonyl (C=O) groups excluding carboxylic acids is 1. The summed E-state index contributed by atoms with van der Waals surface area (Å²) in [6.45, 7) is 3.96. The molecule has 1 aromatic rings. The molecule has 0 unspecified atom stereocenters. The lowest BCUT2D eigenvalue weighted by Crippen LogP contribution is -2.32. The van der Waals surface area contributed by atoms with Gasteiger partial charge in [0.15, 0.2) is 5.01 Å². The molecule has 1 aromatic heterocycles. The Bertz CT molecular complexity index is 256. The maximum atomic E-state index is 11.5. The molecule has 12 heavy (non-hydrogen) atoms. The molecule has 0 atom stereocenters. The molecule has 0 saturated carbocycles. The third kappa shape index (κ3) is 1.82. The molecule has 1 amide bonds. The lowest BCUT2D eigenvalue weighted by atomic mass is 10.3. The predicted molar refractivity (Wildman–Crippen MR) is 49.3 cm³/mol. The van der Waals surface area contributed by atoms with Gasteiger partial charge in [0.25, 0.3) is 5.91 Å². The van der Waals surface area contributed by atoms with Gasteiger partial charge in [-0.1, -0.05) is 0 Å². The molecule has 1 heterocycles. The number of nitrogens with zero attached hydrogens (tertiary/aromatic N) is 2. The van der Waals surface area contributed by atoms with Gasteiger partial charge in [-0.25, -0.2) is 4.98 Å². The zero-order chi connectivity index (χ0) is 9.14. The van der Waals surface area contributed by atoms with Gasteiger partial charge in [-0.2, -0.15) is 0 Å². The van der Waals surface area contributed by atoms with Gasteiger partial charge in [-0.15, -0.1) is 11.3 Å². The first kappa shape index (κ1) is 9.19. The summed E-state index contributed by atoms with van der Waals surface area (Å²) in [5.41, 5.74) is 0. The molecule has 0 fully saturated rings. The van der Waals surface area contributed by atoms with Crippen LogP contribution < -0.4 is 0 Å². The minimum Gasteiger partial charge on any atom is -0.337 e. The molecule has 0 aliphatic heterocycles. The quantitative estimate of drug-likeness (QED) is 0.699. The van der Waals surface area contributed by atoms with Gasteiger partial charge in [-0.3, -0.25) is 4.79 Å². The highest BCUT2D eigenvalue weighted by molar-refractivity contribution is 7.11. The number of hydrogen-bond acceptors (Lipinski definition) is 3. The summed E-state index contributed by atoms with van der Waals surface area (Å²) in [5.74, 6) is 0.000000000000000222. The van der Waals surface area contributed by atoms with Crippen LogP contribution >= 0.6 is 11.3 Å². The number of thiazole rings is 1. The number of amides is 1. The average molecular weight is 184 g/mol. The Hall–Kier alpha value is -0.900. The van der Waals surface area contributed by atoms with Crippen LogP contribution in [0.3, 0.4) is 0 Å². The Morgan fingerprint density at radius 3 is 2.75 bits per heavy atom. The van der Waals surface area contributed by atoms with Crippen molar-refractivity contribution < 1.29 is 4.79 Å². The Balaban J connectivity index is 2.72. The van der Waals surface area contributed by atoms with E-state index in [2.05, 4.69) is 4.98 Å². The van der Waals surface area contributed by atoms with Crippen molar-refractivity contribution in [3.05, 3.63) is 16.6 Å². The highest BCUT2D eigenvalue weighted by Gasteiger charge is 2.15. The Morgan fingerprint density at radius 1 is 1.67 bits per heavy atom. The normalized spacial score (nSPS) is 10.3. The maximum absolute atomic E-state index is 11.5. The summed E-state index contributed by atoms with van der Waals surface area (Å²) in [7, 11) is 1.79. The number of hydrogen-bond donors (Lipinski definition) is 0. The van der Waals surface area contributed by atoms with E-state index < -0.39 is 0 Å². The van der Waals surface area contributed by atoms with E-state index in [1.165, 1.54) is 11.3 Å². The van der Waals surface area contributed by atoms with E-state index in [4.69, 9.17) is 0 Å². The first-order valence-corrected chi connectivity index (χ1v) is 4.67. The molecule has 0 aliphatic carbocycles. The largest absolute Gasteiger partial charge is 0.337 e. The Kier molecular flexibility index (Phi) is 2.81. The molecule has 0 aromatic carbocycles. The van der Waals surface area contributed by atoms with Crippen LogP contribution in [-0.4, -0.2) is 28.9 Å². The molecule has 0 aliphatic rings. The Labute approximate surface area is 76.0 Å². The van der Waals surface area contributed by atoms with E-state index in [0.717, 1.165) is 0 Å².